The molecule has 0 saturated heterocycles. The summed E-state index contributed by atoms with van der Waals surface area (Å²) in [6.45, 7) is 0. The second-order valence-electron chi connectivity index (χ2n) is 1.99. The zero-order valence-electron chi connectivity index (χ0n) is 6.16. The SMILES string of the molecule is N#CNC=Nc1ccc(Cl)cc1. The molecule has 0 aliphatic rings. The molecule has 12 heavy (non-hydrogen) atoms. The van der Waals surface area contributed by atoms with E-state index >= 15 is 0 Å². The van der Waals surface area contributed by atoms with E-state index in [4.69, 9.17) is 16.9 Å². The maximum absolute atomic E-state index is 8.11. The average Bonchev–Trinajstić information content (AvgIpc) is 2.09. The van der Waals surface area contributed by atoms with Crippen molar-refractivity contribution < 1.29 is 0 Å². The largest absolute Gasteiger partial charge is 0.283 e. The average molecular weight is 180 g/mol. The van der Waals surface area contributed by atoms with Crippen molar-refractivity contribution >= 4 is 23.6 Å². The van der Waals surface area contributed by atoms with Gasteiger partial charge in [-0.25, -0.2) is 4.99 Å². The van der Waals surface area contributed by atoms with Gasteiger partial charge in [-0.3, -0.25) is 5.32 Å². The molecule has 0 bridgehead atoms. The Bertz CT molecular complexity index is 310. The summed E-state index contributed by atoms with van der Waals surface area (Å²) in [5.74, 6) is 0. The van der Waals surface area contributed by atoms with Crippen molar-refractivity contribution in [3.63, 3.8) is 0 Å². The number of benzene rings is 1. The zero-order valence-corrected chi connectivity index (χ0v) is 6.92. The first kappa shape index (κ1) is 8.57. The molecule has 0 aliphatic heterocycles. The van der Waals surface area contributed by atoms with E-state index in [2.05, 4.69) is 10.3 Å². The predicted octanol–water partition coefficient (Wildman–Crippen LogP) is 2.07. The van der Waals surface area contributed by atoms with Crippen LogP contribution in [0.15, 0.2) is 29.3 Å². The number of rotatable bonds is 2. The van der Waals surface area contributed by atoms with E-state index in [9.17, 15) is 0 Å². The van der Waals surface area contributed by atoms with E-state index in [0.29, 0.717) is 5.02 Å². The van der Waals surface area contributed by atoms with Gasteiger partial charge in [0.15, 0.2) is 6.19 Å². The number of nitrogens with zero attached hydrogens (tertiary/aromatic N) is 2. The third-order valence-electron chi connectivity index (χ3n) is 1.17. The van der Waals surface area contributed by atoms with Crippen molar-refractivity contribution in [2.24, 2.45) is 4.99 Å². The van der Waals surface area contributed by atoms with Crippen LogP contribution in [0.1, 0.15) is 0 Å². The number of aliphatic imine (C=N–C) groups is 1. The lowest BCUT2D eigenvalue weighted by Crippen LogP contribution is -1.98. The van der Waals surface area contributed by atoms with Crippen LogP contribution in [0.4, 0.5) is 5.69 Å². The van der Waals surface area contributed by atoms with Gasteiger partial charge in [0, 0.05) is 5.02 Å². The van der Waals surface area contributed by atoms with Crippen molar-refractivity contribution in [1.29, 1.82) is 5.26 Å². The molecular formula is C8H6ClN3. The second-order valence-corrected chi connectivity index (χ2v) is 2.43. The van der Waals surface area contributed by atoms with Crippen LogP contribution in [0.2, 0.25) is 5.02 Å². The smallest absolute Gasteiger partial charge is 0.182 e. The highest BCUT2D eigenvalue weighted by molar-refractivity contribution is 6.30. The van der Waals surface area contributed by atoms with Crippen molar-refractivity contribution in [2.75, 3.05) is 0 Å². The van der Waals surface area contributed by atoms with E-state index in [1.54, 1.807) is 30.5 Å². The maximum atomic E-state index is 8.11. The summed E-state index contributed by atoms with van der Waals surface area (Å²) in [6.07, 6.45) is 3.05. The summed E-state index contributed by atoms with van der Waals surface area (Å²) < 4.78 is 0. The number of halogens is 1. The molecule has 1 N–H and O–H groups in total. The molecule has 0 spiro atoms. The number of hydrogen-bond donors (Lipinski definition) is 1. The Morgan fingerprint density at radius 2 is 2.08 bits per heavy atom. The molecule has 0 unspecified atom stereocenters. The highest BCUT2D eigenvalue weighted by atomic mass is 35.5. The minimum absolute atomic E-state index is 0.669. The lowest BCUT2D eigenvalue weighted by molar-refractivity contribution is 1.29. The van der Waals surface area contributed by atoms with Gasteiger partial charge in [0.1, 0.15) is 6.34 Å². The van der Waals surface area contributed by atoms with Gasteiger partial charge in [0.25, 0.3) is 0 Å². The van der Waals surface area contributed by atoms with E-state index in [1.807, 2.05) is 0 Å². The maximum Gasteiger partial charge on any atom is 0.182 e. The summed E-state index contributed by atoms with van der Waals surface area (Å²) in [5.41, 5.74) is 0.752. The molecule has 0 atom stereocenters. The monoisotopic (exact) mass is 179 g/mol. The molecule has 3 nitrogen and oxygen atoms in total. The van der Waals surface area contributed by atoms with Crippen molar-refractivity contribution in [2.45, 2.75) is 0 Å². The fourth-order valence-electron chi connectivity index (χ4n) is 0.663. The highest BCUT2D eigenvalue weighted by Crippen LogP contribution is 2.15. The predicted molar refractivity (Wildman–Crippen MR) is 48.4 cm³/mol. The molecule has 0 aromatic heterocycles. The molecule has 1 aromatic carbocycles. The standard InChI is InChI=1S/C8H6ClN3/c9-7-1-3-8(4-2-7)12-6-11-5-10/h1-4,6H,(H,11,12). The topological polar surface area (TPSA) is 48.2 Å². The molecule has 0 fully saturated rings. The Morgan fingerprint density at radius 3 is 2.67 bits per heavy atom. The van der Waals surface area contributed by atoms with Crippen LogP contribution in [0.25, 0.3) is 0 Å². The molecule has 0 saturated carbocycles. The summed E-state index contributed by atoms with van der Waals surface area (Å²) in [5, 5.41) is 11.1. The molecule has 1 aromatic rings. The summed E-state index contributed by atoms with van der Waals surface area (Å²) in [4.78, 5) is 3.92. The molecular weight excluding hydrogens is 174 g/mol. The Kier molecular flexibility index (Phi) is 3.12. The molecule has 0 aliphatic carbocycles. The lowest BCUT2D eigenvalue weighted by atomic mass is 10.3. The molecule has 4 heteroatoms. The minimum Gasteiger partial charge on any atom is -0.283 e. The van der Waals surface area contributed by atoms with Crippen LogP contribution < -0.4 is 5.32 Å². The van der Waals surface area contributed by atoms with E-state index in [0.717, 1.165) is 5.69 Å². The van der Waals surface area contributed by atoms with Gasteiger partial charge < -0.3 is 0 Å². The zero-order chi connectivity index (χ0) is 8.81. The van der Waals surface area contributed by atoms with Crippen LogP contribution in [0.3, 0.4) is 0 Å². The lowest BCUT2D eigenvalue weighted by Gasteiger charge is -1.91. The Hall–Kier alpha value is -1.53. The number of hydrogen-bond acceptors (Lipinski definition) is 2. The van der Waals surface area contributed by atoms with Crippen LogP contribution in [-0.2, 0) is 0 Å². The normalized spacial score (nSPS) is 9.67. The van der Waals surface area contributed by atoms with Gasteiger partial charge in [0.2, 0.25) is 0 Å². The number of nitrogens with one attached hydrogen (secondary N) is 1. The molecule has 0 heterocycles. The van der Waals surface area contributed by atoms with Crippen LogP contribution in [0.5, 0.6) is 0 Å². The van der Waals surface area contributed by atoms with Crippen molar-refractivity contribution in [1.82, 2.24) is 5.32 Å². The minimum atomic E-state index is 0.669. The number of nitriles is 1. The molecule has 0 radical (unpaired) electrons. The van der Waals surface area contributed by atoms with Gasteiger partial charge >= 0.3 is 0 Å². The summed E-state index contributed by atoms with van der Waals surface area (Å²) >= 11 is 5.65. The van der Waals surface area contributed by atoms with Gasteiger partial charge in [-0.15, -0.1) is 0 Å². The Morgan fingerprint density at radius 1 is 1.42 bits per heavy atom. The van der Waals surface area contributed by atoms with Crippen LogP contribution in [-0.4, -0.2) is 6.34 Å². The van der Waals surface area contributed by atoms with E-state index in [1.165, 1.54) is 6.34 Å². The van der Waals surface area contributed by atoms with Crippen molar-refractivity contribution in [3.8, 4) is 6.19 Å². The second kappa shape index (κ2) is 4.37. The highest BCUT2D eigenvalue weighted by Gasteiger charge is 1.86. The van der Waals surface area contributed by atoms with Crippen LogP contribution >= 0.6 is 11.6 Å². The summed E-state index contributed by atoms with van der Waals surface area (Å²) in [6, 6.07) is 7.00. The first-order valence-corrected chi connectivity index (χ1v) is 3.63. The van der Waals surface area contributed by atoms with E-state index < -0.39 is 0 Å². The first-order valence-electron chi connectivity index (χ1n) is 3.25. The Balaban J connectivity index is 2.66. The van der Waals surface area contributed by atoms with E-state index in [-0.39, 0.29) is 0 Å². The molecule has 60 valence electrons. The Labute approximate surface area is 75.3 Å². The fourth-order valence-corrected chi connectivity index (χ4v) is 0.789. The first-order chi connectivity index (χ1) is 5.83. The molecule has 1 rings (SSSR count). The third kappa shape index (κ3) is 2.60. The van der Waals surface area contributed by atoms with Gasteiger partial charge in [-0.1, -0.05) is 11.6 Å². The van der Waals surface area contributed by atoms with Gasteiger partial charge in [0.05, 0.1) is 5.69 Å². The third-order valence-corrected chi connectivity index (χ3v) is 1.42. The van der Waals surface area contributed by atoms with Gasteiger partial charge in [-0.2, -0.15) is 5.26 Å². The molecule has 0 amide bonds. The summed E-state index contributed by atoms with van der Waals surface area (Å²) in [7, 11) is 0. The van der Waals surface area contributed by atoms with Gasteiger partial charge in [-0.05, 0) is 24.3 Å². The van der Waals surface area contributed by atoms with Crippen molar-refractivity contribution in [3.05, 3.63) is 29.3 Å². The van der Waals surface area contributed by atoms with Crippen LogP contribution in [0, 0.1) is 11.5 Å². The quantitative estimate of drug-likeness (QED) is 0.327. The fraction of sp³-hybridized carbons (Fsp3) is 0.